The maximum atomic E-state index is 8.57. The first kappa shape index (κ1) is 14.6. The lowest BCUT2D eigenvalue weighted by molar-refractivity contribution is 0.282. The van der Waals surface area contributed by atoms with E-state index in [9.17, 15) is 0 Å². The molecule has 0 bridgehead atoms. The maximum absolute atomic E-state index is 8.57. The van der Waals surface area contributed by atoms with Crippen LogP contribution in [0.1, 0.15) is 5.56 Å². The number of hydrogen-bond donors (Lipinski definition) is 1. The molecule has 1 aromatic carbocycles. The van der Waals surface area contributed by atoms with E-state index in [0.29, 0.717) is 0 Å². The third-order valence-corrected chi connectivity index (χ3v) is 1.03. The van der Waals surface area contributed by atoms with Gasteiger partial charge in [0.25, 0.3) is 0 Å². The van der Waals surface area contributed by atoms with E-state index < -0.39 is 0 Å². The summed E-state index contributed by atoms with van der Waals surface area (Å²) in [7, 11) is 0. The van der Waals surface area contributed by atoms with E-state index in [0.717, 1.165) is 5.56 Å². The smallest absolute Gasteiger partial charge is 0.116 e. The highest BCUT2D eigenvalue weighted by molar-refractivity contribution is 5.38. The monoisotopic (exact) mass is 192 g/mol. The first-order valence-electron chi connectivity index (χ1n) is 3.70. The van der Waals surface area contributed by atoms with Crippen LogP contribution in [0, 0.1) is 0 Å². The summed E-state index contributed by atoms with van der Waals surface area (Å²) >= 11 is 0. The second kappa shape index (κ2) is 13.7. The maximum Gasteiger partial charge on any atom is 0.116 e. The van der Waals surface area contributed by atoms with Gasteiger partial charge in [0, 0.05) is 0 Å². The highest BCUT2D eigenvalue weighted by Gasteiger charge is 1.81. The quantitative estimate of drug-likeness (QED) is 0.680. The number of hydrogen-bond acceptors (Lipinski definition) is 3. The lowest BCUT2D eigenvalue weighted by atomic mass is 10.2. The fourth-order valence-corrected chi connectivity index (χ4v) is 0.583. The molecule has 0 atom stereocenters. The second-order valence-corrected chi connectivity index (χ2v) is 1.93. The second-order valence-electron chi connectivity index (χ2n) is 1.93. The van der Waals surface area contributed by atoms with Gasteiger partial charge < -0.3 is 5.11 Å². The molecule has 3 heteroatoms. The largest absolute Gasteiger partial charge is 0.392 e. The predicted octanol–water partition coefficient (Wildman–Crippen LogP) is 1.19. The van der Waals surface area contributed by atoms with Gasteiger partial charge in [-0.3, -0.25) is 0 Å². The number of rotatable bonds is 1. The highest BCUT2D eigenvalue weighted by atomic mass is 16.3. The van der Waals surface area contributed by atoms with Crippen LogP contribution in [0.15, 0.2) is 43.5 Å². The zero-order valence-electron chi connectivity index (χ0n) is 7.77. The minimum atomic E-state index is 0.140. The fraction of sp³-hybridized carbons (Fsp3) is 0.0909. The molecule has 0 radical (unpaired) electrons. The molecule has 0 saturated heterocycles. The van der Waals surface area contributed by atoms with Crippen LogP contribution < -0.4 is 0 Å². The number of aliphatic hydroxyl groups excluding tert-OH is 1. The molecular formula is C11H12O3. The fourth-order valence-electron chi connectivity index (χ4n) is 0.583. The standard InChI is InChI=1S/C7H8O.2C2H2O/c8-6-7-4-2-1-3-5-7;2*1-2-3/h1-5,8H,6H2;2*1H2. The van der Waals surface area contributed by atoms with E-state index in [1.54, 1.807) is 0 Å². The Labute approximate surface area is 83.0 Å². The van der Waals surface area contributed by atoms with Crippen molar-refractivity contribution in [1.82, 2.24) is 0 Å². The van der Waals surface area contributed by atoms with Gasteiger partial charge in [-0.25, -0.2) is 9.59 Å². The summed E-state index contributed by atoms with van der Waals surface area (Å²) < 4.78 is 0. The Kier molecular flexibility index (Phi) is 14.2. The van der Waals surface area contributed by atoms with Gasteiger partial charge >= 0.3 is 0 Å². The van der Waals surface area contributed by atoms with E-state index in [4.69, 9.17) is 14.7 Å². The van der Waals surface area contributed by atoms with Crippen LogP contribution in [0.2, 0.25) is 0 Å². The van der Waals surface area contributed by atoms with E-state index in [-0.39, 0.29) is 6.61 Å². The Morgan fingerprint density at radius 3 is 1.64 bits per heavy atom. The summed E-state index contributed by atoms with van der Waals surface area (Å²) in [5.74, 6) is 2.50. The van der Waals surface area contributed by atoms with Gasteiger partial charge in [0.1, 0.15) is 11.9 Å². The summed E-state index contributed by atoms with van der Waals surface area (Å²) in [5, 5.41) is 8.54. The van der Waals surface area contributed by atoms with Crippen LogP contribution in [0.5, 0.6) is 0 Å². The van der Waals surface area contributed by atoms with Crippen molar-refractivity contribution in [2.45, 2.75) is 6.61 Å². The van der Waals surface area contributed by atoms with Crippen LogP contribution >= 0.6 is 0 Å². The van der Waals surface area contributed by atoms with E-state index >= 15 is 0 Å². The van der Waals surface area contributed by atoms with Crippen molar-refractivity contribution in [2.75, 3.05) is 0 Å². The predicted molar refractivity (Wildman–Crippen MR) is 55.0 cm³/mol. The normalized spacial score (nSPS) is 6.36. The van der Waals surface area contributed by atoms with Gasteiger partial charge in [-0.15, -0.1) is 0 Å². The third-order valence-electron chi connectivity index (χ3n) is 1.03. The molecule has 0 unspecified atom stereocenters. The zero-order valence-corrected chi connectivity index (χ0v) is 7.77. The van der Waals surface area contributed by atoms with Crippen molar-refractivity contribution >= 4 is 11.9 Å². The number of aliphatic hydroxyl groups is 1. The third kappa shape index (κ3) is 12.7. The van der Waals surface area contributed by atoms with Crippen LogP contribution in [-0.2, 0) is 16.2 Å². The van der Waals surface area contributed by atoms with Gasteiger partial charge in [0.15, 0.2) is 0 Å². The molecule has 0 aliphatic rings. The lowest BCUT2D eigenvalue weighted by Gasteiger charge is -1.89. The molecule has 1 rings (SSSR count). The van der Waals surface area contributed by atoms with Crippen molar-refractivity contribution in [2.24, 2.45) is 0 Å². The van der Waals surface area contributed by atoms with Crippen molar-refractivity contribution in [3.8, 4) is 0 Å². The number of carbonyl (C=O) groups excluding carboxylic acids is 2. The Hall–Kier alpha value is -1.92. The molecule has 74 valence electrons. The SMILES string of the molecule is C=C=O.C=C=O.OCc1ccccc1. The first-order chi connectivity index (χ1) is 6.76. The van der Waals surface area contributed by atoms with Crippen LogP contribution in [0.3, 0.4) is 0 Å². The molecule has 0 saturated carbocycles. The van der Waals surface area contributed by atoms with E-state index in [2.05, 4.69) is 13.2 Å². The molecule has 0 fully saturated rings. The lowest BCUT2D eigenvalue weighted by Crippen LogP contribution is -1.77. The van der Waals surface area contributed by atoms with E-state index in [1.165, 1.54) is 11.9 Å². The summed E-state index contributed by atoms with van der Waals surface area (Å²) in [6.45, 7) is 5.50. The molecule has 14 heavy (non-hydrogen) atoms. The molecule has 1 aromatic rings. The molecule has 0 spiro atoms. The summed E-state index contributed by atoms with van der Waals surface area (Å²) in [6.07, 6.45) is 0. The van der Waals surface area contributed by atoms with Gasteiger partial charge in [-0.05, 0) is 18.7 Å². The Balaban J connectivity index is 0. The van der Waals surface area contributed by atoms with Crippen molar-refractivity contribution in [1.29, 1.82) is 0 Å². The molecule has 3 nitrogen and oxygen atoms in total. The summed E-state index contributed by atoms with van der Waals surface area (Å²) in [4.78, 5) is 17.1. The molecule has 0 heterocycles. The highest BCUT2D eigenvalue weighted by Crippen LogP contribution is 1.95. The van der Waals surface area contributed by atoms with E-state index in [1.807, 2.05) is 30.3 Å². The van der Waals surface area contributed by atoms with Gasteiger partial charge in [-0.2, -0.15) is 0 Å². The minimum Gasteiger partial charge on any atom is -0.392 e. The Bertz CT molecular complexity index is 267. The van der Waals surface area contributed by atoms with Crippen LogP contribution in [0.4, 0.5) is 0 Å². The summed E-state index contributed by atoms with van der Waals surface area (Å²) in [5.41, 5.74) is 0.965. The molecule has 0 aliphatic carbocycles. The van der Waals surface area contributed by atoms with Crippen LogP contribution in [-0.4, -0.2) is 17.0 Å². The average molecular weight is 192 g/mol. The minimum absolute atomic E-state index is 0.140. The first-order valence-corrected chi connectivity index (χ1v) is 3.70. The summed E-state index contributed by atoms with van der Waals surface area (Å²) in [6, 6.07) is 9.52. The van der Waals surface area contributed by atoms with Gasteiger partial charge in [0.2, 0.25) is 0 Å². The zero-order chi connectivity index (χ0) is 11.2. The molecule has 0 amide bonds. The van der Waals surface area contributed by atoms with Crippen molar-refractivity contribution in [3.63, 3.8) is 0 Å². The Morgan fingerprint density at radius 2 is 1.43 bits per heavy atom. The number of benzene rings is 1. The average Bonchev–Trinajstić information content (AvgIpc) is 2.21. The van der Waals surface area contributed by atoms with Crippen molar-refractivity contribution < 1.29 is 14.7 Å². The molecular weight excluding hydrogens is 180 g/mol. The van der Waals surface area contributed by atoms with Crippen molar-refractivity contribution in [3.05, 3.63) is 49.1 Å². The Morgan fingerprint density at radius 1 is 1.07 bits per heavy atom. The topological polar surface area (TPSA) is 54.4 Å². The van der Waals surface area contributed by atoms with Crippen LogP contribution in [0.25, 0.3) is 0 Å². The molecule has 1 N–H and O–H groups in total. The van der Waals surface area contributed by atoms with Gasteiger partial charge in [0.05, 0.1) is 6.61 Å². The molecule has 0 aromatic heterocycles. The molecule has 0 aliphatic heterocycles. The van der Waals surface area contributed by atoms with Gasteiger partial charge in [-0.1, -0.05) is 30.3 Å².